The Morgan fingerprint density at radius 1 is 1.08 bits per heavy atom. The molecule has 0 unspecified atom stereocenters. The summed E-state index contributed by atoms with van der Waals surface area (Å²) in [6, 6.07) is 2.22. The second-order valence-corrected chi connectivity index (χ2v) is 9.86. The lowest BCUT2D eigenvalue weighted by Gasteiger charge is -2.34. The van der Waals surface area contributed by atoms with Gasteiger partial charge in [0, 0.05) is 31.0 Å². The van der Waals surface area contributed by atoms with Crippen LogP contribution < -0.4 is 10.4 Å². The minimum Gasteiger partial charge on any atom is -0.548 e. The van der Waals surface area contributed by atoms with Crippen LogP contribution in [-0.2, 0) is 20.9 Å². The van der Waals surface area contributed by atoms with E-state index in [-0.39, 0.29) is 30.9 Å². The Balaban J connectivity index is 0.000000434. The molecule has 1 aliphatic heterocycles. The first-order chi connectivity index (χ1) is 17.1. The number of hydrogen-bond donors (Lipinski definition) is 1. The predicted octanol–water partition coefficient (Wildman–Crippen LogP) is 2.76. The Kier molecular flexibility index (Phi) is 11.3. The lowest BCUT2D eigenvalue weighted by molar-refractivity contribution is -0.921. The summed E-state index contributed by atoms with van der Waals surface area (Å²) in [6.07, 6.45) is 2.77. The van der Waals surface area contributed by atoms with Gasteiger partial charge in [-0.25, -0.2) is 8.78 Å². The molecule has 0 aromatic heterocycles. The van der Waals surface area contributed by atoms with Crippen LogP contribution in [0.25, 0.3) is 0 Å². The zero-order valence-electron chi connectivity index (χ0n) is 22.0. The highest BCUT2D eigenvalue weighted by molar-refractivity contribution is 5.85. The molecular formula is C27H41F2N3O4. The second-order valence-electron chi connectivity index (χ2n) is 9.86. The Bertz CT molecular complexity index is 885. The van der Waals surface area contributed by atoms with Crippen LogP contribution >= 0.6 is 0 Å². The fraction of sp³-hybridized carbons (Fsp3) is 0.667. The number of nitrogens with zero attached hydrogens (tertiary/aromatic N) is 2. The number of benzene rings is 1. The van der Waals surface area contributed by atoms with E-state index in [1.807, 2.05) is 0 Å². The number of carbonyl (C=O) groups is 3. The molecule has 1 aromatic carbocycles. The number of hydrogen-bond acceptors (Lipinski definition) is 4. The minimum atomic E-state index is -1.32. The number of carbonyl (C=O) groups excluding carboxylic acids is 3. The van der Waals surface area contributed by atoms with Gasteiger partial charge in [0.05, 0.1) is 38.2 Å². The molecular weight excluding hydrogens is 468 g/mol. The molecule has 0 radical (unpaired) electrons. The minimum absolute atomic E-state index is 0.0389. The second kappa shape index (κ2) is 13.7. The molecule has 0 spiro atoms. The largest absolute Gasteiger partial charge is 0.548 e. The molecule has 1 N–H and O–H groups in total. The number of likely N-dealkylation sites (tertiary alicyclic amines) is 1. The van der Waals surface area contributed by atoms with Crippen LogP contribution in [0, 0.1) is 17.6 Å². The third kappa shape index (κ3) is 8.25. The zero-order valence-corrected chi connectivity index (χ0v) is 22.0. The molecule has 1 saturated carbocycles. The van der Waals surface area contributed by atoms with E-state index in [0.29, 0.717) is 18.8 Å². The number of rotatable bonds is 12. The van der Waals surface area contributed by atoms with E-state index in [2.05, 4.69) is 33.0 Å². The molecule has 3 rings (SSSR count). The quantitative estimate of drug-likeness (QED) is 0.439. The van der Waals surface area contributed by atoms with Crippen molar-refractivity contribution in [1.29, 1.82) is 0 Å². The molecule has 1 aliphatic carbocycles. The van der Waals surface area contributed by atoms with E-state index in [1.165, 1.54) is 47.7 Å². The van der Waals surface area contributed by atoms with Gasteiger partial charge in [-0.05, 0) is 52.5 Å². The summed E-state index contributed by atoms with van der Waals surface area (Å²) in [5.74, 6) is -3.77. The van der Waals surface area contributed by atoms with Crippen LogP contribution in [-0.4, -0.2) is 65.4 Å². The van der Waals surface area contributed by atoms with Crippen molar-refractivity contribution in [2.45, 2.75) is 84.8 Å². The summed E-state index contributed by atoms with van der Waals surface area (Å²) in [7, 11) is 0. The molecule has 202 valence electrons. The maximum atomic E-state index is 13.9. The Hall–Kier alpha value is -2.55. The van der Waals surface area contributed by atoms with E-state index in [0.717, 1.165) is 18.9 Å². The third-order valence-corrected chi connectivity index (χ3v) is 7.81. The summed E-state index contributed by atoms with van der Waals surface area (Å²) < 4.78 is 28.6. The molecule has 0 bridgehead atoms. The van der Waals surface area contributed by atoms with Crippen molar-refractivity contribution in [2.75, 3.05) is 26.2 Å². The highest BCUT2D eigenvalue weighted by Gasteiger charge is 2.34. The van der Waals surface area contributed by atoms with Crippen molar-refractivity contribution >= 4 is 17.8 Å². The topological polar surface area (TPSA) is 89.5 Å². The molecule has 9 heteroatoms. The Labute approximate surface area is 213 Å². The van der Waals surface area contributed by atoms with E-state index in [1.54, 1.807) is 0 Å². The van der Waals surface area contributed by atoms with Gasteiger partial charge in [-0.2, -0.15) is 0 Å². The highest BCUT2D eigenvalue weighted by Crippen LogP contribution is 2.33. The molecule has 2 atom stereocenters. The maximum absolute atomic E-state index is 13.9. The summed E-state index contributed by atoms with van der Waals surface area (Å²) in [5, 5.41) is 13.7. The fourth-order valence-corrected chi connectivity index (χ4v) is 4.79. The van der Waals surface area contributed by atoms with Crippen molar-refractivity contribution in [3.8, 4) is 0 Å². The first-order valence-corrected chi connectivity index (χ1v) is 13.2. The average Bonchev–Trinajstić information content (AvgIpc) is 3.62. The van der Waals surface area contributed by atoms with Gasteiger partial charge in [0.25, 0.3) is 0 Å². The van der Waals surface area contributed by atoms with E-state index >= 15 is 0 Å². The molecule has 1 saturated heterocycles. The van der Waals surface area contributed by atoms with Crippen LogP contribution in [0.1, 0.15) is 71.8 Å². The number of amides is 2. The molecule has 2 fully saturated rings. The van der Waals surface area contributed by atoms with Gasteiger partial charge < -0.3 is 24.6 Å². The first kappa shape index (κ1) is 29.7. The van der Waals surface area contributed by atoms with Gasteiger partial charge in [0.15, 0.2) is 11.6 Å². The van der Waals surface area contributed by atoms with Gasteiger partial charge >= 0.3 is 0 Å². The SMILES string of the molecule is CC[N+](CC)(CC)CC.O=C(C[C@@H]1CCC(=O)N1Cc1cccc(F)c1F)N[C@@H](CC1CC1)C(=O)[O-]. The van der Waals surface area contributed by atoms with Crippen molar-refractivity contribution in [2.24, 2.45) is 5.92 Å². The van der Waals surface area contributed by atoms with Crippen LogP contribution in [0.15, 0.2) is 18.2 Å². The van der Waals surface area contributed by atoms with Crippen LogP contribution in [0.5, 0.6) is 0 Å². The van der Waals surface area contributed by atoms with Gasteiger partial charge in [-0.3, -0.25) is 9.59 Å². The Morgan fingerprint density at radius 2 is 1.69 bits per heavy atom. The number of carboxylic acids is 1. The summed E-state index contributed by atoms with van der Waals surface area (Å²) >= 11 is 0. The van der Waals surface area contributed by atoms with Crippen molar-refractivity contribution in [3.05, 3.63) is 35.4 Å². The number of quaternary nitrogens is 1. The lowest BCUT2D eigenvalue weighted by Crippen LogP contribution is -2.49. The standard InChI is InChI=1S/C19H22F2N2O4.C8H20N/c20-14-3-1-2-12(18(14)21)10-23-13(6-7-17(23)25)9-16(24)22-15(19(26)27)8-11-4-5-11;1-5-9(6-2,7-3)8-4/h1-3,11,13,15H,4-10H2,(H,22,24)(H,26,27);5-8H2,1-4H3/q;+1/p-1/t13-,15-;/m0./s1. The van der Waals surface area contributed by atoms with Gasteiger partial charge in [0.2, 0.25) is 11.8 Å². The van der Waals surface area contributed by atoms with Gasteiger partial charge in [-0.1, -0.05) is 25.0 Å². The number of nitrogens with one attached hydrogen (secondary N) is 1. The van der Waals surface area contributed by atoms with Gasteiger partial charge in [0.1, 0.15) is 0 Å². The number of halogens is 2. The van der Waals surface area contributed by atoms with E-state index in [9.17, 15) is 28.3 Å². The van der Waals surface area contributed by atoms with E-state index in [4.69, 9.17) is 0 Å². The number of aliphatic carboxylic acids is 1. The zero-order chi connectivity index (χ0) is 26.9. The molecule has 1 aromatic rings. The maximum Gasteiger partial charge on any atom is 0.223 e. The lowest BCUT2D eigenvalue weighted by atomic mass is 10.1. The van der Waals surface area contributed by atoms with Crippen LogP contribution in [0.3, 0.4) is 0 Å². The smallest absolute Gasteiger partial charge is 0.223 e. The normalized spacial score (nSPS) is 18.4. The van der Waals surface area contributed by atoms with Crippen molar-refractivity contribution in [1.82, 2.24) is 10.2 Å². The highest BCUT2D eigenvalue weighted by atomic mass is 19.2. The number of carboxylic acid groups (broad SMARTS) is 1. The predicted molar refractivity (Wildman–Crippen MR) is 131 cm³/mol. The molecule has 1 heterocycles. The fourth-order valence-electron chi connectivity index (χ4n) is 4.79. The first-order valence-electron chi connectivity index (χ1n) is 13.2. The molecule has 36 heavy (non-hydrogen) atoms. The third-order valence-electron chi connectivity index (χ3n) is 7.81. The van der Waals surface area contributed by atoms with Crippen molar-refractivity contribution in [3.63, 3.8) is 0 Å². The summed E-state index contributed by atoms with van der Waals surface area (Å²) in [5.41, 5.74) is 0.0389. The van der Waals surface area contributed by atoms with Gasteiger partial charge in [-0.15, -0.1) is 0 Å². The molecule has 2 amide bonds. The van der Waals surface area contributed by atoms with Crippen molar-refractivity contribution < 1.29 is 32.8 Å². The molecule has 7 nitrogen and oxygen atoms in total. The Morgan fingerprint density at radius 3 is 2.19 bits per heavy atom. The summed E-state index contributed by atoms with van der Waals surface area (Å²) in [4.78, 5) is 36.9. The summed E-state index contributed by atoms with van der Waals surface area (Å²) in [6.45, 7) is 14.1. The monoisotopic (exact) mass is 509 g/mol. The van der Waals surface area contributed by atoms with Crippen LogP contribution in [0.2, 0.25) is 0 Å². The average molecular weight is 510 g/mol. The van der Waals surface area contributed by atoms with Crippen LogP contribution in [0.4, 0.5) is 8.78 Å². The van der Waals surface area contributed by atoms with E-state index < -0.39 is 35.6 Å². The molecule has 2 aliphatic rings.